The van der Waals surface area contributed by atoms with Crippen LogP contribution in [0.3, 0.4) is 0 Å². The Morgan fingerprint density at radius 1 is 1.46 bits per heavy atom. The zero-order valence-electron chi connectivity index (χ0n) is 14.0. The second-order valence-corrected chi connectivity index (χ2v) is 7.88. The number of likely N-dealkylation sites (tertiary alicyclic amines) is 1. The molecule has 1 spiro atoms. The Labute approximate surface area is 146 Å². The fourth-order valence-corrected chi connectivity index (χ4v) is 4.25. The highest BCUT2D eigenvalue weighted by Crippen LogP contribution is 2.36. The number of hydrogen-bond acceptors (Lipinski definition) is 6. The number of aryl methyl sites for hydroxylation is 1. The maximum absolute atomic E-state index is 6.10. The molecule has 4 rings (SSSR count). The molecule has 2 saturated heterocycles. The van der Waals surface area contributed by atoms with Gasteiger partial charge < -0.3 is 9.47 Å². The Morgan fingerprint density at radius 2 is 2.38 bits per heavy atom. The predicted molar refractivity (Wildman–Crippen MR) is 92.9 cm³/mol. The van der Waals surface area contributed by atoms with E-state index in [9.17, 15) is 0 Å². The molecule has 4 heterocycles. The molecule has 0 N–H and O–H groups in total. The molecule has 2 aliphatic heterocycles. The van der Waals surface area contributed by atoms with Crippen molar-refractivity contribution in [1.82, 2.24) is 14.9 Å². The number of rotatable bonds is 5. The van der Waals surface area contributed by atoms with Gasteiger partial charge in [-0.1, -0.05) is 6.07 Å². The summed E-state index contributed by atoms with van der Waals surface area (Å²) in [4.78, 5) is 11.1. The Kier molecular flexibility index (Phi) is 4.63. The Morgan fingerprint density at radius 3 is 3.12 bits per heavy atom. The molecule has 5 nitrogen and oxygen atoms in total. The first-order valence-corrected chi connectivity index (χ1v) is 9.37. The van der Waals surface area contributed by atoms with Crippen molar-refractivity contribution in [3.63, 3.8) is 0 Å². The summed E-state index contributed by atoms with van der Waals surface area (Å²) >= 11 is 1.68. The smallest absolute Gasteiger partial charge is 0.0959 e. The van der Waals surface area contributed by atoms with Crippen molar-refractivity contribution in [3.8, 4) is 0 Å². The van der Waals surface area contributed by atoms with Gasteiger partial charge in [0.25, 0.3) is 0 Å². The highest BCUT2D eigenvalue weighted by atomic mass is 32.1. The molecule has 2 aliphatic rings. The lowest BCUT2D eigenvalue weighted by Gasteiger charge is -2.53. The summed E-state index contributed by atoms with van der Waals surface area (Å²) < 4.78 is 12.2. The number of nitrogens with zero attached hydrogens (tertiary/aromatic N) is 3. The molecule has 0 saturated carbocycles. The van der Waals surface area contributed by atoms with E-state index in [4.69, 9.17) is 9.47 Å². The van der Waals surface area contributed by atoms with Gasteiger partial charge in [-0.2, -0.15) is 0 Å². The second-order valence-electron chi connectivity index (χ2n) is 6.82. The summed E-state index contributed by atoms with van der Waals surface area (Å²) in [5.41, 5.74) is 2.29. The molecule has 0 amide bonds. The van der Waals surface area contributed by atoms with Crippen LogP contribution in [0.2, 0.25) is 0 Å². The van der Waals surface area contributed by atoms with Crippen LogP contribution in [0.4, 0.5) is 0 Å². The summed E-state index contributed by atoms with van der Waals surface area (Å²) in [6.45, 7) is 6.35. The number of pyridine rings is 1. The third kappa shape index (κ3) is 3.67. The fraction of sp³-hybridized carbons (Fsp3) is 0.556. The van der Waals surface area contributed by atoms with Gasteiger partial charge in [0.15, 0.2) is 0 Å². The minimum Gasteiger partial charge on any atom is -0.372 e. The molecule has 24 heavy (non-hydrogen) atoms. The fourth-order valence-electron chi connectivity index (χ4n) is 3.65. The molecule has 0 aromatic carbocycles. The van der Waals surface area contributed by atoms with Gasteiger partial charge in [-0.3, -0.25) is 9.88 Å². The van der Waals surface area contributed by atoms with Crippen molar-refractivity contribution < 1.29 is 9.47 Å². The van der Waals surface area contributed by atoms with Gasteiger partial charge in [-0.05, 0) is 25.0 Å². The van der Waals surface area contributed by atoms with Crippen LogP contribution in [0.25, 0.3) is 0 Å². The van der Waals surface area contributed by atoms with E-state index in [2.05, 4.69) is 26.3 Å². The average molecular weight is 345 g/mol. The number of aromatic nitrogens is 2. The molecule has 0 aliphatic carbocycles. The zero-order valence-corrected chi connectivity index (χ0v) is 14.8. The van der Waals surface area contributed by atoms with Crippen LogP contribution in [0.5, 0.6) is 0 Å². The zero-order chi connectivity index (χ0) is 16.4. The third-order valence-electron chi connectivity index (χ3n) is 4.73. The van der Waals surface area contributed by atoms with Crippen molar-refractivity contribution in [2.24, 2.45) is 0 Å². The van der Waals surface area contributed by atoms with E-state index in [1.807, 2.05) is 25.4 Å². The molecular formula is C18H23N3O2S. The summed E-state index contributed by atoms with van der Waals surface area (Å²) in [6.07, 6.45) is 6.00. The highest BCUT2D eigenvalue weighted by Gasteiger charge is 2.47. The highest BCUT2D eigenvalue weighted by molar-refractivity contribution is 7.09. The molecule has 0 unspecified atom stereocenters. The van der Waals surface area contributed by atoms with Gasteiger partial charge >= 0.3 is 0 Å². The SMILES string of the molecule is Cc1nc(CO[C@@H]2CCOC3(C2)CN(Cc2cccnc2)C3)cs1. The van der Waals surface area contributed by atoms with Crippen LogP contribution in [0.15, 0.2) is 29.9 Å². The minimum absolute atomic E-state index is 0.0108. The maximum atomic E-state index is 6.10. The maximum Gasteiger partial charge on any atom is 0.0959 e. The first-order valence-electron chi connectivity index (χ1n) is 8.49. The largest absolute Gasteiger partial charge is 0.372 e. The molecule has 2 aromatic rings. The second kappa shape index (κ2) is 6.88. The first kappa shape index (κ1) is 16.1. The van der Waals surface area contributed by atoms with E-state index in [0.717, 1.165) is 49.8 Å². The van der Waals surface area contributed by atoms with Crippen LogP contribution in [0, 0.1) is 6.92 Å². The van der Waals surface area contributed by atoms with Crippen molar-refractivity contribution in [2.45, 2.75) is 44.6 Å². The van der Waals surface area contributed by atoms with Crippen LogP contribution in [-0.2, 0) is 22.6 Å². The predicted octanol–water partition coefficient (Wildman–Crippen LogP) is 2.80. The monoisotopic (exact) mass is 345 g/mol. The van der Waals surface area contributed by atoms with E-state index in [-0.39, 0.29) is 11.7 Å². The Bertz CT molecular complexity index is 670. The van der Waals surface area contributed by atoms with Crippen LogP contribution < -0.4 is 0 Å². The molecular weight excluding hydrogens is 322 g/mol. The normalized spacial score (nSPS) is 23.3. The molecule has 6 heteroatoms. The number of ether oxygens (including phenoxy) is 2. The van der Waals surface area contributed by atoms with Crippen molar-refractivity contribution >= 4 is 11.3 Å². The number of hydrogen-bond donors (Lipinski definition) is 0. The van der Waals surface area contributed by atoms with Crippen LogP contribution in [-0.4, -0.2) is 46.3 Å². The third-order valence-corrected chi connectivity index (χ3v) is 5.56. The van der Waals surface area contributed by atoms with Crippen molar-refractivity contribution in [1.29, 1.82) is 0 Å². The first-order chi connectivity index (χ1) is 11.7. The lowest BCUT2D eigenvalue weighted by Crippen LogP contribution is -2.65. The standard InChI is InChI=1S/C18H23N3O2S/c1-14-20-16(11-24-14)10-22-17-4-6-23-18(7-17)12-21(13-18)9-15-3-2-5-19-8-15/h2-3,5,8,11,17H,4,6-7,9-10,12-13H2,1H3/t17-/m1/s1. The van der Waals surface area contributed by atoms with Gasteiger partial charge in [0.2, 0.25) is 0 Å². The van der Waals surface area contributed by atoms with E-state index in [0.29, 0.717) is 6.61 Å². The van der Waals surface area contributed by atoms with E-state index < -0.39 is 0 Å². The quantitative estimate of drug-likeness (QED) is 0.834. The summed E-state index contributed by atoms with van der Waals surface area (Å²) in [6, 6.07) is 4.12. The molecule has 2 fully saturated rings. The summed E-state index contributed by atoms with van der Waals surface area (Å²) in [5.74, 6) is 0. The Balaban J connectivity index is 1.26. The summed E-state index contributed by atoms with van der Waals surface area (Å²) in [7, 11) is 0. The topological polar surface area (TPSA) is 47.5 Å². The van der Waals surface area contributed by atoms with Gasteiger partial charge in [-0.15, -0.1) is 11.3 Å². The van der Waals surface area contributed by atoms with Crippen molar-refractivity contribution in [2.75, 3.05) is 19.7 Å². The van der Waals surface area contributed by atoms with Crippen LogP contribution in [0.1, 0.15) is 29.1 Å². The van der Waals surface area contributed by atoms with Crippen LogP contribution >= 0.6 is 11.3 Å². The number of thiazole rings is 1. The van der Waals surface area contributed by atoms with Crippen molar-refractivity contribution in [3.05, 3.63) is 46.2 Å². The van der Waals surface area contributed by atoms with Gasteiger partial charge in [0.05, 0.1) is 29.0 Å². The van der Waals surface area contributed by atoms with E-state index in [1.165, 1.54) is 5.56 Å². The average Bonchev–Trinajstić information content (AvgIpc) is 2.98. The molecule has 0 radical (unpaired) electrons. The van der Waals surface area contributed by atoms with Gasteiger partial charge in [0.1, 0.15) is 0 Å². The van der Waals surface area contributed by atoms with E-state index in [1.54, 1.807) is 11.3 Å². The van der Waals surface area contributed by atoms with Gasteiger partial charge in [-0.25, -0.2) is 4.98 Å². The molecule has 2 aromatic heterocycles. The lowest BCUT2D eigenvalue weighted by atomic mass is 9.84. The summed E-state index contributed by atoms with van der Waals surface area (Å²) in [5, 5.41) is 3.19. The Hall–Kier alpha value is -1.34. The lowest BCUT2D eigenvalue weighted by molar-refractivity contribution is -0.200. The molecule has 0 bridgehead atoms. The molecule has 1 atom stereocenters. The van der Waals surface area contributed by atoms with E-state index >= 15 is 0 Å². The minimum atomic E-state index is -0.0108. The van der Waals surface area contributed by atoms with Gasteiger partial charge in [0, 0.05) is 50.4 Å². The molecule has 128 valence electrons.